The quantitative estimate of drug-likeness (QED) is 0.820. The van der Waals surface area contributed by atoms with Crippen molar-refractivity contribution in [2.75, 3.05) is 33.4 Å². The molecule has 1 saturated carbocycles. The van der Waals surface area contributed by atoms with Crippen LogP contribution in [-0.2, 0) is 9.53 Å². The number of hydrogen-bond acceptors (Lipinski definition) is 5. The van der Waals surface area contributed by atoms with Gasteiger partial charge in [0.2, 0.25) is 11.7 Å². The molecule has 1 saturated heterocycles. The number of nitrogens with one attached hydrogen (secondary N) is 1. The van der Waals surface area contributed by atoms with Crippen molar-refractivity contribution in [3.8, 4) is 0 Å². The third kappa shape index (κ3) is 3.10. The molecule has 1 aliphatic carbocycles. The van der Waals surface area contributed by atoms with E-state index in [1.54, 1.807) is 18.1 Å². The molecule has 1 aromatic rings. The van der Waals surface area contributed by atoms with Gasteiger partial charge in [-0.25, -0.2) is 0 Å². The Morgan fingerprint density at radius 2 is 2.26 bits per heavy atom. The van der Waals surface area contributed by atoms with E-state index in [4.69, 9.17) is 9.26 Å². The Labute approximate surface area is 135 Å². The average molecular weight is 321 g/mol. The maximum absolute atomic E-state index is 12.6. The molecule has 2 aliphatic rings. The van der Waals surface area contributed by atoms with Crippen molar-refractivity contribution in [1.29, 1.82) is 0 Å². The minimum Gasteiger partial charge on any atom is -0.383 e. The lowest BCUT2D eigenvalue weighted by molar-refractivity contribution is -0.127. The number of carbonyl (C=O) groups excluding carboxylic acids is 2. The number of ether oxygens (including phenoxy) is 1. The Morgan fingerprint density at radius 3 is 2.91 bits per heavy atom. The Bertz CT molecular complexity index is 552. The Kier molecular flexibility index (Phi) is 4.66. The van der Waals surface area contributed by atoms with E-state index in [1.807, 2.05) is 0 Å². The van der Waals surface area contributed by atoms with Gasteiger partial charge < -0.3 is 19.5 Å². The van der Waals surface area contributed by atoms with Crippen LogP contribution in [0.25, 0.3) is 0 Å². The molecule has 1 spiro atoms. The van der Waals surface area contributed by atoms with E-state index in [2.05, 4.69) is 10.5 Å². The van der Waals surface area contributed by atoms with Gasteiger partial charge in [0.1, 0.15) is 0 Å². The SMILES string of the molecule is COCCNC(=O)C1CN(C(=O)c2ccno2)CC12CCCC2. The first kappa shape index (κ1) is 16.0. The molecule has 2 heterocycles. The first-order valence-electron chi connectivity index (χ1n) is 8.13. The van der Waals surface area contributed by atoms with E-state index in [1.165, 1.54) is 6.20 Å². The molecular formula is C16H23N3O4. The predicted octanol–water partition coefficient (Wildman–Crippen LogP) is 1.07. The summed E-state index contributed by atoms with van der Waals surface area (Å²) in [5, 5.41) is 6.53. The summed E-state index contributed by atoms with van der Waals surface area (Å²) >= 11 is 0. The summed E-state index contributed by atoms with van der Waals surface area (Å²) in [4.78, 5) is 26.9. The second-order valence-electron chi connectivity index (χ2n) is 6.47. The summed E-state index contributed by atoms with van der Waals surface area (Å²) in [5.74, 6) is -0.0786. The minimum absolute atomic E-state index is 0.0248. The first-order valence-corrected chi connectivity index (χ1v) is 8.13. The van der Waals surface area contributed by atoms with Crippen LogP contribution in [0.4, 0.5) is 0 Å². The summed E-state index contributed by atoms with van der Waals surface area (Å²) in [6, 6.07) is 1.57. The lowest BCUT2D eigenvalue weighted by atomic mass is 9.76. The highest BCUT2D eigenvalue weighted by Gasteiger charge is 2.52. The van der Waals surface area contributed by atoms with E-state index in [9.17, 15) is 9.59 Å². The molecule has 1 aromatic heterocycles. The Balaban J connectivity index is 1.72. The summed E-state index contributed by atoms with van der Waals surface area (Å²) < 4.78 is 9.96. The number of aromatic nitrogens is 1. The van der Waals surface area contributed by atoms with Crippen LogP contribution in [0.5, 0.6) is 0 Å². The molecule has 0 aromatic carbocycles. The highest BCUT2D eigenvalue weighted by atomic mass is 16.5. The van der Waals surface area contributed by atoms with Crippen molar-refractivity contribution in [2.24, 2.45) is 11.3 Å². The number of likely N-dealkylation sites (tertiary alicyclic amines) is 1. The largest absolute Gasteiger partial charge is 0.383 e. The standard InChI is InChI=1S/C16H23N3O4/c1-22-9-8-17-14(20)12-10-19(11-16(12)5-2-3-6-16)15(21)13-4-7-18-23-13/h4,7,12H,2-3,5-6,8-11H2,1H3,(H,17,20). The Hall–Kier alpha value is -1.89. The van der Waals surface area contributed by atoms with Crippen LogP contribution in [0.3, 0.4) is 0 Å². The summed E-state index contributed by atoms with van der Waals surface area (Å²) in [7, 11) is 1.61. The van der Waals surface area contributed by atoms with Crippen molar-refractivity contribution in [2.45, 2.75) is 25.7 Å². The van der Waals surface area contributed by atoms with Crippen LogP contribution in [-0.4, -0.2) is 55.2 Å². The van der Waals surface area contributed by atoms with Gasteiger partial charge in [0.15, 0.2) is 0 Å². The molecule has 0 radical (unpaired) electrons. The fourth-order valence-electron chi connectivity index (χ4n) is 3.95. The summed E-state index contributed by atoms with van der Waals surface area (Å²) in [5.41, 5.74) is -0.0904. The van der Waals surface area contributed by atoms with E-state index < -0.39 is 0 Å². The van der Waals surface area contributed by atoms with Gasteiger partial charge in [-0.2, -0.15) is 0 Å². The van der Waals surface area contributed by atoms with Gasteiger partial charge in [-0.3, -0.25) is 9.59 Å². The van der Waals surface area contributed by atoms with E-state index >= 15 is 0 Å². The third-order valence-corrected chi connectivity index (χ3v) is 5.10. The summed E-state index contributed by atoms with van der Waals surface area (Å²) in [6.07, 6.45) is 5.69. The molecule has 126 valence electrons. The van der Waals surface area contributed by atoms with E-state index in [-0.39, 0.29) is 28.9 Å². The predicted molar refractivity (Wildman–Crippen MR) is 81.7 cm³/mol. The number of hydrogen-bond donors (Lipinski definition) is 1. The molecule has 2 fully saturated rings. The molecule has 23 heavy (non-hydrogen) atoms. The van der Waals surface area contributed by atoms with Crippen LogP contribution in [0.1, 0.15) is 36.2 Å². The number of amides is 2. The lowest BCUT2D eigenvalue weighted by Gasteiger charge is -2.28. The molecule has 1 aliphatic heterocycles. The molecular weight excluding hydrogens is 298 g/mol. The molecule has 1 N–H and O–H groups in total. The second-order valence-corrected chi connectivity index (χ2v) is 6.47. The van der Waals surface area contributed by atoms with Crippen molar-refractivity contribution < 1.29 is 18.8 Å². The molecule has 1 unspecified atom stereocenters. The number of carbonyl (C=O) groups is 2. The smallest absolute Gasteiger partial charge is 0.292 e. The normalized spacial score (nSPS) is 22.7. The molecule has 7 nitrogen and oxygen atoms in total. The van der Waals surface area contributed by atoms with Crippen LogP contribution in [0.2, 0.25) is 0 Å². The molecule has 1 atom stereocenters. The van der Waals surface area contributed by atoms with Crippen molar-refractivity contribution in [1.82, 2.24) is 15.4 Å². The lowest BCUT2D eigenvalue weighted by Crippen LogP contribution is -2.41. The van der Waals surface area contributed by atoms with Gasteiger partial charge in [0, 0.05) is 38.2 Å². The zero-order valence-corrected chi connectivity index (χ0v) is 13.4. The average Bonchev–Trinajstić information content (AvgIpc) is 3.28. The third-order valence-electron chi connectivity index (χ3n) is 5.10. The monoisotopic (exact) mass is 321 g/mol. The van der Waals surface area contributed by atoms with Crippen molar-refractivity contribution >= 4 is 11.8 Å². The highest BCUT2D eigenvalue weighted by Crippen LogP contribution is 2.49. The molecule has 0 bridgehead atoms. The first-order chi connectivity index (χ1) is 11.2. The van der Waals surface area contributed by atoms with E-state index in [0.717, 1.165) is 25.7 Å². The van der Waals surface area contributed by atoms with Gasteiger partial charge in [0.25, 0.3) is 5.91 Å². The molecule has 2 amide bonds. The number of nitrogens with zero attached hydrogens (tertiary/aromatic N) is 2. The topological polar surface area (TPSA) is 84.7 Å². The number of rotatable bonds is 5. The Morgan fingerprint density at radius 1 is 1.48 bits per heavy atom. The second kappa shape index (κ2) is 6.70. The van der Waals surface area contributed by atoms with Gasteiger partial charge in [-0.05, 0) is 12.8 Å². The van der Waals surface area contributed by atoms with Crippen LogP contribution in [0, 0.1) is 11.3 Å². The van der Waals surface area contributed by atoms with Crippen LogP contribution < -0.4 is 5.32 Å². The minimum atomic E-state index is -0.180. The highest BCUT2D eigenvalue weighted by molar-refractivity contribution is 5.92. The van der Waals surface area contributed by atoms with Crippen molar-refractivity contribution in [3.63, 3.8) is 0 Å². The van der Waals surface area contributed by atoms with Gasteiger partial charge in [0.05, 0.1) is 18.7 Å². The van der Waals surface area contributed by atoms with Crippen LogP contribution in [0.15, 0.2) is 16.8 Å². The van der Waals surface area contributed by atoms with Crippen molar-refractivity contribution in [3.05, 3.63) is 18.0 Å². The van der Waals surface area contributed by atoms with Gasteiger partial charge >= 0.3 is 0 Å². The fourth-order valence-corrected chi connectivity index (χ4v) is 3.95. The van der Waals surface area contributed by atoms with E-state index in [0.29, 0.717) is 26.2 Å². The molecule has 3 rings (SSSR count). The van der Waals surface area contributed by atoms with Gasteiger partial charge in [-0.1, -0.05) is 18.0 Å². The molecule has 7 heteroatoms. The van der Waals surface area contributed by atoms with Crippen LogP contribution >= 0.6 is 0 Å². The zero-order chi connectivity index (χ0) is 16.3. The fraction of sp³-hybridized carbons (Fsp3) is 0.688. The number of methoxy groups -OCH3 is 1. The zero-order valence-electron chi connectivity index (χ0n) is 13.4. The maximum Gasteiger partial charge on any atom is 0.292 e. The summed E-state index contributed by atoms with van der Waals surface area (Å²) in [6.45, 7) is 2.05. The van der Waals surface area contributed by atoms with Gasteiger partial charge in [-0.15, -0.1) is 0 Å². The maximum atomic E-state index is 12.6.